The average molecular weight is 878 g/mol. The van der Waals surface area contributed by atoms with Crippen LogP contribution in [0.15, 0.2) is 134 Å². The minimum absolute atomic E-state index is 0. The molecule has 0 bridgehead atoms. The minimum Gasteiger partial charge on any atom is -0.507 e. The smallest absolute Gasteiger partial charge is 0.217 e. The van der Waals surface area contributed by atoms with E-state index in [9.17, 15) is 5.11 Å². The summed E-state index contributed by atoms with van der Waals surface area (Å²) < 4.78 is 8.49. The van der Waals surface area contributed by atoms with Gasteiger partial charge in [-0.15, -0.1) is 23.8 Å². The van der Waals surface area contributed by atoms with E-state index >= 15 is 0 Å². The van der Waals surface area contributed by atoms with Crippen LogP contribution in [0.3, 0.4) is 0 Å². The number of pyridine rings is 1. The largest absolute Gasteiger partial charge is 0.507 e. The van der Waals surface area contributed by atoms with Crippen molar-refractivity contribution in [1.29, 1.82) is 0 Å². The van der Waals surface area contributed by atoms with Crippen LogP contribution in [-0.4, -0.2) is 19.6 Å². The average Bonchev–Trinajstić information content (AvgIpc) is 3.48. The first-order valence-corrected chi connectivity index (χ1v) is 17.7. The second-order valence-electron chi connectivity index (χ2n) is 15.3. The van der Waals surface area contributed by atoms with Crippen LogP contribution in [0, 0.1) is 13.0 Å². The zero-order valence-corrected chi connectivity index (χ0v) is 33.5. The number of hydrogen-bond acceptors (Lipinski definition) is 4. The molecule has 0 fully saturated rings. The quantitative estimate of drug-likeness (QED) is 0.162. The second-order valence-corrected chi connectivity index (χ2v) is 15.3. The molecular weight excluding hydrogens is 834 g/mol. The van der Waals surface area contributed by atoms with E-state index in [1.165, 1.54) is 0 Å². The Morgan fingerprint density at radius 3 is 2.00 bits per heavy atom. The summed E-state index contributed by atoms with van der Waals surface area (Å²) in [7, 11) is 0. The van der Waals surface area contributed by atoms with Crippen molar-refractivity contribution in [3.8, 4) is 68.0 Å². The molecule has 0 spiro atoms. The predicted octanol–water partition coefficient (Wildman–Crippen LogP) is 12.1. The van der Waals surface area contributed by atoms with Gasteiger partial charge in [-0.3, -0.25) is 4.98 Å². The molecular formula is C47H44N3O2Pt-. The Kier molecular flexibility index (Phi) is 10.6. The van der Waals surface area contributed by atoms with Crippen molar-refractivity contribution < 1.29 is 30.9 Å². The first-order chi connectivity index (χ1) is 24.9. The Morgan fingerprint density at radius 1 is 0.660 bits per heavy atom. The van der Waals surface area contributed by atoms with E-state index < -0.39 is 0 Å². The number of hydrogen-bond donors (Lipinski definition) is 1. The number of para-hydroxylation sites is 1. The summed E-state index contributed by atoms with van der Waals surface area (Å²) in [5, 5.41) is 12.1. The monoisotopic (exact) mass is 877 g/mol. The number of phenols is 1. The Balaban J connectivity index is 0.00000481. The van der Waals surface area contributed by atoms with E-state index in [1.807, 2.05) is 60.7 Å². The fourth-order valence-electron chi connectivity index (χ4n) is 6.61. The maximum atomic E-state index is 12.1. The van der Waals surface area contributed by atoms with Crippen LogP contribution in [0.4, 0.5) is 0 Å². The normalized spacial score (nSPS) is 11.6. The number of benzene rings is 5. The van der Waals surface area contributed by atoms with Crippen molar-refractivity contribution in [2.24, 2.45) is 0 Å². The van der Waals surface area contributed by atoms with Crippen LogP contribution in [0.5, 0.6) is 17.4 Å². The Labute approximate surface area is 327 Å². The molecule has 0 aliphatic rings. The van der Waals surface area contributed by atoms with Gasteiger partial charge in [0.2, 0.25) is 5.88 Å². The Hall–Kier alpha value is -5.25. The van der Waals surface area contributed by atoms with Crippen LogP contribution in [0.1, 0.15) is 58.4 Å². The maximum absolute atomic E-state index is 12.1. The molecule has 0 saturated carbocycles. The molecule has 7 rings (SSSR count). The van der Waals surface area contributed by atoms with Gasteiger partial charge in [0, 0.05) is 61.6 Å². The summed E-state index contributed by atoms with van der Waals surface area (Å²) in [6.07, 6.45) is 1.76. The van der Waals surface area contributed by atoms with Crippen LogP contribution < -0.4 is 4.74 Å². The fraction of sp³-hybridized carbons (Fsp3) is 0.191. The summed E-state index contributed by atoms with van der Waals surface area (Å²) in [4.78, 5) is 9.86. The van der Waals surface area contributed by atoms with Crippen LogP contribution in [0.2, 0.25) is 0 Å². The molecule has 5 aromatic carbocycles. The predicted molar refractivity (Wildman–Crippen MR) is 212 cm³/mol. The first kappa shape index (κ1) is 37.5. The molecule has 53 heavy (non-hydrogen) atoms. The van der Waals surface area contributed by atoms with Crippen LogP contribution in [0.25, 0.3) is 50.6 Å². The van der Waals surface area contributed by atoms with Crippen molar-refractivity contribution in [3.63, 3.8) is 0 Å². The molecule has 5 nitrogen and oxygen atoms in total. The molecule has 7 aromatic rings. The zero-order chi connectivity index (χ0) is 36.6. The number of rotatable bonds is 7. The van der Waals surface area contributed by atoms with Gasteiger partial charge in [-0.25, -0.2) is 4.98 Å². The summed E-state index contributed by atoms with van der Waals surface area (Å²) in [5.41, 5.74) is 9.88. The molecule has 0 unspecified atom stereocenters. The number of nitrogens with zero attached hydrogens (tertiary/aromatic N) is 3. The standard InChI is InChI=1S/C47H44N3O2.Pt/c1-31-43(35-21-16-22-37(27-35)52-42-28-34(25-26-48-42)32-17-10-8-11-18-32)49-45(39-29-36(46(2,3)4)30-40(44(39)51)47(5,6)7)50(31)41-24-15-14-23-38(41)33-19-12-9-13-20-33;/h8-26,28-30,51H,1-7H3;/q-1;. The fourth-order valence-corrected chi connectivity index (χ4v) is 6.61. The van der Waals surface area contributed by atoms with Crippen LogP contribution >= 0.6 is 0 Å². The topological polar surface area (TPSA) is 60.2 Å². The molecule has 0 atom stereocenters. The number of imidazole rings is 1. The van der Waals surface area contributed by atoms with Crippen LogP contribution in [-0.2, 0) is 31.9 Å². The van der Waals surface area contributed by atoms with Gasteiger partial charge >= 0.3 is 0 Å². The van der Waals surface area contributed by atoms with Crippen molar-refractivity contribution in [1.82, 2.24) is 14.5 Å². The third kappa shape index (κ3) is 7.77. The summed E-state index contributed by atoms with van der Waals surface area (Å²) in [6, 6.07) is 46.4. The van der Waals surface area contributed by atoms with E-state index in [-0.39, 0.29) is 37.6 Å². The van der Waals surface area contributed by atoms with Crippen molar-refractivity contribution in [3.05, 3.63) is 156 Å². The van der Waals surface area contributed by atoms with Gasteiger partial charge < -0.3 is 14.4 Å². The van der Waals surface area contributed by atoms with Crippen molar-refractivity contribution in [2.75, 3.05) is 0 Å². The van der Waals surface area contributed by atoms with Gasteiger partial charge in [0.15, 0.2) is 0 Å². The van der Waals surface area contributed by atoms with Crippen molar-refractivity contribution >= 4 is 0 Å². The molecule has 1 N–H and O–H groups in total. The first-order valence-electron chi connectivity index (χ1n) is 17.7. The number of ether oxygens (including phenoxy) is 1. The van der Waals surface area contributed by atoms with E-state index in [2.05, 4.69) is 131 Å². The molecule has 0 radical (unpaired) electrons. The third-order valence-electron chi connectivity index (χ3n) is 9.44. The van der Waals surface area contributed by atoms with Gasteiger partial charge in [-0.1, -0.05) is 133 Å². The van der Waals surface area contributed by atoms with Gasteiger partial charge in [-0.05, 0) is 58.2 Å². The van der Waals surface area contributed by atoms with E-state index in [1.54, 1.807) is 6.20 Å². The van der Waals surface area contributed by atoms with Gasteiger partial charge in [0.05, 0.1) is 11.3 Å². The van der Waals surface area contributed by atoms with Gasteiger partial charge in [0.25, 0.3) is 0 Å². The molecule has 6 heteroatoms. The molecule has 0 saturated heterocycles. The van der Waals surface area contributed by atoms with E-state index in [4.69, 9.17) is 9.72 Å². The second kappa shape index (κ2) is 15.0. The van der Waals surface area contributed by atoms with Gasteiger partial charge in [0.1, 0.15) is 11.6 Å². The number of aromatic hydroxyl groups is 1. The summed E-state index contributed by atoms with van der Waals surface area (Å²) in [5.74, 6) is 1.90. The SMILES string of the molecule is Cc1c(-c2[c-]c(Oc3cc(-c4ccccc4)ccn3)ccc2)nc(-c2cc(C(C)(C)C)cc(C(C)(C)C)c2O)n1-c1ccccc1-c1ccccc1.[Pt]. The Morgan fingerprint density at radius 2 is 1.32 bits per heavy atom. The van der Waals surface area contributed by atoms with E-state index in [0.717, 1.165) is 56.0 Å². The Bertz CT molecular complexity index is 2370. The van der Waals surface area contributed by atoms with Crippen molar-refractivity contribution in [2.45, 2.75) is 59.3 Å². The molecule has 270 valence electrons. The molecule has 2 heterocycles. The summed E-state index contributed by atoms with van der Waals surface area (Å²) in [6.45, 7) is 15.1. The minimum atomic E-state index is -0.303. The molecule has 0 aliphatic heterocycles. The molecule has 2 aromatic heterocycles. The maximum Gasteiger partial charge on any atom is 0.217 e. The number of phenolic OH excluding ortho intramolecular Hbond substituents is 1. The van der Waals surface area contributed by atoms with Gasteiger partial charge in [-0.2, -0.15) is 0 Å². The molecule has 0 amide bonds. The van der Waals surface area contributed by atoms with E-state index in [0.29, 0.717) is 23.0 Å². The number of aromatic nitrogens is 3. The third-order valence-corrected chi connectivity index (χ3v) is 9.44. The molecule has 0 aliphatic carbocycles. The zero-order valence-electron chi connectivity index (χ0n) is 31.2. The summed E-state index contributed by atoms with van der Waals surface area (Å²) >= 11 is 0.